The van der Waals surface area contributed by atoms with Gasteiger partial charge in [0.2, 0.25) is 0 Å². The second kappa shape index (κ2) is 8.14. The Kier molecular flexibility index (Phi) is 5.73. The Labute approximate surface area is 184 Å². The highest BCUT2D eigenvalue weighted by molar-refractivity contribution is 5.98. The largest absolute Gasteiger partial charge is 0.434 e. The molecule has 6 nitrogen and oxygen atoms in total. The number of hydrogen-bond acceptors (Lipinski definition) is 3. The van der Waals surface area contributed by atoms with Gasteiger partial charge < -0.3 is 19.5 Å². The SMILES string of the molecule is O=C(OC(C(F)(F)F)C(F)(F)F)N1CCC2(CCCN2C(=O)c2cc3ccccc3[nH]2)CC1. The quantitative estimate of drug-likeness (QED) is 0.628. The van der Waals surface area contributed by atoms with Gasteiger partial charge in [0.1, 0.15) is 5.69 Å². The molecule has 4 rings (SSSR count). The van der Waals surface area contributed by atoms with Crippen molar-refractivity contribution in [1.29, 1.82) is 0 Å². The lowest BCUT2D eigenvalue weighted by Gasteiger charge is -2.44. The summed E-state index contributed by atoms with van der Waals surface area (Å²) in [5.41, 5.74) is 0.589. The summed E-state index contributed by atoms with van der Waals surface area (Å²) in [5, 5.41) is 0.871. The summed E-state index contributed by atoms with van der Waals surface area (Å²) < 4.78 is 80.0. The van der Waals surface area contributed by atoms with Gasteiger partial charge in [-0.15, -0.1) is 0 Å². The van der Waals surface area contributed by atoms with Gasteiger partial charge in [-0.25, -0.2) is 4.79 Å². The first-order valence-corrected chi connectivity index (χ1v) is 10.4. The van der Waals surface area contributed by atoms with Gasteiger partial charge in [-0.3, -0.25) is 4.79 Å². The number of likely N-dealkylation sites (tertiary alicyclic amines) is 2. The molecule has 2 amide bonds. The van der Waals surface area contributed by atoms with E-state index < -0.39 is 30.1 Å². The summed E-state index contributed by atoms with van der Waals surface area (Å²) in [6.07, 6.45) is -15.6. The van der Waals surface area contributed by atoms with Crippen molar-refractivity contribution in [2.75, 3.05) is 19.6 Å². The van der Waals surface area contributed by atoms with Gasteiger partial charge in [0.15, 0.2) is 0 Å². The van der Waals surface area contributed by atoms with Gasteiger partial charge in [-0.05, 0) is 37.8 Å². The highest BCUT2D eigenvalue weighted by Gasteiger charge is 2.60. The first-order chi connectivity index (χ1) is 15.4. The highest BCUT2D eigenvalue weighted by atomic mass is 19.4. The van der Waals surface area contributed by atoms with Gasteiger partial charge in [0.25, 0.3) is 12.0 Å². The smallest absolute Gasteiger partial charge is 0.426 e. The van der Waals surface area contributed by atoms with Crippen LogP contribution in [-0.4, -0.2) is 70.4 Å². The van der Waals surface area contributed by atoms with Crippen LogP contribution in [-0.2, 0) is 4.74 Å². The van der Waals surface area contributed by atoms with Crippen LogP contribution in [0.15, 0.2) is 30.3 Å². The van der Waals surface area contributed by atoms with Crippen LogP contribution in [0.2, 0.25) is 0 Å². The van der Waals surface area contributed by atoms with E-state index in [0.717, 1.165) is 15.8 Å². The number of para-hydroxylation sites is 1. The van der Waals surface area contributed by atoms with Crippen LogP contribution >= 0.6 is 0 Å². The zero-order valence-corrected chi connectivity index (χ0v) is 17.3. The number of H-pyrrole nitrogens is 1. The molecular formula is C21H21F6N3O3. The normalized spacial score (nSPS) is 19.0. The molecule has 12 heteroatoms. The number of carbonyl (C=O) groups is 2. The molecule has 1 aromatic carbocycles. The van der Waals surface area contributed by atoms with E-state index in [1.807, 2.05) is 24.3 Å². The van der Waals surface area contributed by atoms with Crippen molar-refractivity contribution in [2.45, 2.75) is 49.7 Å². The van der Waals surface area contributed by atoms with Crippen molar-refractivity contribution >= 4 is 22.9 Å². The minimum Gasteiger partial charge on any atom is -0.426 e. The predicted molar refractivity (Wildman–Crippen MR) is 104 cm³/mol. The van der Waals surface area contributed by atoms with Crippen molar-refractivity contribution < 1.29 is 40.7 Å². The molecule has 1 N–H and O–H groups in total. The number of amides is 2. The first kappa shape index (κ1) is 23.2. The summed E-state index contributed by atoms with van der Waals surface area (Å²) in [6.45, 7) is 0.248. The summed E-state index contributed by atoms with van der Waals surface area (Å²) in [5.74, 6) is -0.228. The molecular weight excluding hydrogens is 456 g/mol. The second-order valence-electron chi connectivity index (χ2n) is 8.39. The molecule has 33 heavy (non-hydrogen) atoms. The monoisotopic (exact) mass is 477 g/mol. The van der Waals surface area contributed by atoms with Gasteiger partial charge in [0, 0.05) is 36.1 Å². The van der Waals surface area contributed by atoms with Gasteiger partial charge in [-0.1, -0.05) is 18.2 Å². The molecule has 0 unspecified atom stereocenters. The lowest BCUT2D eigenvalue weighted by atomic mass is 9.85. The Morgan fingerprint density at radius 3 is 2.21 bits per heavy atom. The third-order valence-corrected chi connectivity index (χ3v) is 6.37. The number of halogens is 6. The molecule has 180 valence electrons. The molecule has 0 radical (unpaired) electrons. The standard InChI is InChI=1S/C21H21F6N3O3/c22-20(23,24)17(21(25,26)27)33-18(32)29-10-7-19(8-11-29)6-3-9-30(19)16(31)15-12-13-4-1-2-5-14(13)28-15/h1-2,4-5,12,17,28H,3,6-11H2. The van der Waals surface area contributed by atoms with Gasteiger partial charge >= 0.3 is 18.4 Å². The van der Waals surface area contributed by atoms with Crippen LogP contribution in [0.5, 0.6) is 0 Å². The maximum atomic E-state index is 13.2. The van der Waals surface area contributed by atoms with E-state index in [-0.39, 0.29) is 31.8 Å². The van der Waals surface area contributed by atoms with E-state index in [4.69, 9.17) is 0 Å². The maximum Gasteiger partial charge on any atom is 0.434 e. The van der Waals surface area contributed by atoms with Crippen LogP contribution in [0.25, 0.3) is 10.9 Å². The average Bonchev–Trinajstić information content (AvgIpc) is 3.34. The van der Waals surface area contributed by atoms with E-state index in [1.165, 1.54) is 0 Å². The maximum absolute atomic E-state index is 13.2. The number of hydrogen-bond donors (Lipinski definition) is 1. The van der Waals surface area contributed by atoms with E-state index in [2.05, 4.69) is 9.72 Å². The number of benzene rings is 1. The van der Waals surface area contributed by atoms with Gasteiger partial charge in [-0.2, -0.15) is 26.3 Å². The number of carbonyl (C=O) groups excluding carboxylic acids is 2. The number of alkyl halides is 6. The number of rotatable bonds is 2. The molecule has 1 spiro atoms. The average molecular weight is 477 g/mol. The molecule has 0 saturated carbocycles. The Balaban J connectivity index is 1.44. The summed E-state index contributed by atoms with van der Waals surface area (Å²) in [7, 11) is 0. The van der Waals surface area contributed by atoms with Gasteiger partial charge in [0.05, 0.1) is 0 Å². The van der Waals surface area contributed by atoms with E-state index in [0.29, 0.717) is 25.1 Å². The molecule has 2 aliphatic heterocycles. The molecule has 2 aromatic rings. The zero-order valence-electron chi connectivity index (χ0n) is 17.3. The number of aromatic amines is 1. The number of piperidine rings is 1. The second-order valence-corrected chi connectivity index (χ2v) is 8.39. The summed E-state index contributed by atoms with van der Waals surface area (Å²) >= 11 is 0. The van der Waals surface area contributed by atoms with Crippen molar-refractivity contribution in [3.8, 4) is 0 Å². The minimum absolute atomic E-state index is 0.113. The Morgan fingerprint density at radius 2 is 1.61 bits per heavy atom. The molecule has 0 atom stereocenters. The fourth-order valence-corrected chi connectivity index (χ4v) is 4.71. The fraction of sp³-hybridized carbons (Fsp3) is 0.524. The lowest BCUT2D eigenvalue weighted by Crippen LogP contribution is -2.56. The highest BCUT2D eigenvalue weighted by Crippen LogP contribution is 2.40. The number of nitrogens with one attached hydrogen (secondary N) is 1. The lowest BCUT2D eigenvalue weighted by molar-refractivity contribution is -0.308. The predicted octanol–water partition coefficient (Wildman–Crippen LogP) is 4.87. The third-order valence-electron chi connectivity index (χ3n) is 6.37. The van der Waals surface area contributed by atoms with Crippen LogP contribution in [0.1, 0.15) is 36.2 Å². The molecule has 2 fully saturated rings. The van der Waals surface area contributed by atoms with E-state index >= 15 is 0 Å². The van der Waals surface area contributed by atoms with E-state index in [1.54, 1.807) is 11.0 Å². The van der Waals surface area contributed by atoms with Crippen LogP contribution < -0.4 is 0 Å². The van der Waals surface area contributed by atoms with Crippen LogP contribution in [0, 0.1) is 0 Å². The molecule has 2 aliphatic rings. The molecule has 2 saturated heterocycles. The summed E-state index contributed by atoms with van der Waals surface area (Å²) in [4.78, 5) is 30.9. The number of fused-ring (bicyclic) bond motifs is 1. The fourth-order valence-electron chi connectivity index (χ4n) is 4.71. The molecule has 0 bridgehead atoms. The molecule has 0 aliphatic carbocycles. The number of aromatic nitrogens is 1. The number of nitrogens with zero attached hydrogens (tertiary/aromatic N) is 2. The zero-order chi connectivity index (χ0) is 24.0. The molecule has 1 aromatic heterocycles. The molecule has 3 heterocycles. The van der Waals surface area contributed by atoms with Crippen molar-refractivity contribution in [3.63, 3.8) is 0 Å². The first-order valence-electron chi connectivity index (χ1n) is 10.4. The minimum atomic E-state index is -5.76. The Morgan fingerprint density at radius 1 is 0.970 bits per heavy atom. The topological polar surface area (TPSA) is 65.6 Å². The third kappa shape index (κ3) is 4.47. The Bertz CT molecular complexity index is 993. The van der Waals surface area contributed by atoms with E-state index in [9.17, 15) is 35.9 Å². The number of ether oxygens (including phenoxy) is 1. The van der Waals surface area contributed by atoms with Crippen LogP contribution in [0.3, 0.4) is 0 Å². The van der Waals surface area contributed by atoms with Crippen molar-refractivity contribution in [1.82, 2.24) is 14.8 Å². The van der Waals surface area contributed by atoms with Crippen LogP contribution in [0.4, 0.5) is 31.1 Å². The Hall–Kier alpha value is -2.92. The van der Waals surface area contributed by atoms with Crippen molar-refractivity contribution in [3.05, 3.63) is 36.0 Å². The van der Waals surface area contributed by atoms with Crippen molar-refractivity contribution in [2.24, 2.45) is 0 Å². The summed E-state index contributed by atoms with van der Waals surface area (Å²) in [6, 6.07) is 9.12.